The van der Waals surface area contributed by atoms with Crippen LogP contribution in [0.15, 0.2) is 0 Å². The van der Waals surface area contributed by atoms with E-state index in [-0.39, 0.29) is 31.5 Å². The van der Waals surface area contributed by atoms with Gasteiger partial charge < -0.3 is 0 Å². The van der Waals surface area contributed by atoms with E-state index in [2.05, 4.69) is 4.18 Å². The van der Waals surface area contributed by atoms with Gasteiger partial charge in [-0.25, -0.2) is 0 Å². The van der Waals surface area contributed by atoms with Gasteiger partial charge in [-0.2, -0.15) is 21.6 Å². The number of Topliss-reactive ketones (excluding diaryl/α,β-unsaturated/α-hetero) is 1. The van der Waals surface area contributed by atoms with Gasteiger partial charge in [0.15, 0.2) is 0 Å². The van der Waals surface area contributed by atoms with Gasteiger partial charge in [-0.1, -0.05) is 0 Å². The van der Waals surface area contributed by atoms with Crippen molar-refractivity contribution < 1.29 is 30.6 Å². The maximum Gasteiger partial charge on any atom is 0.523 e. The molecule has 0 aromatic carbocycles. The summed E-state index contributed by atoms with van der Waals surface area (Å²) in [6.45, 7) is 0. The highest BCUT2D eigenvalue weighted by atomic mass is 32.2. The molecule has 0 saturated heterocycles. The molecule has 0 amide bonds. The summed E-state index contributed by atoms with van der Waals surface area (Å²) in [4.78, 5) is 10.7. The van der Waals surface area contributed by atoms with Gasteiger partial charge in [0.2, 0.25) is 0 Å². The molecule has 15 heavy (non-hydrogen) atoms. The lowest BCUT2D eigenvalue weighted by Crippen LogP contribution is -2.32. The van der Waals surface area contributed by atoms with E-state index >= 15 is 0 Å². The normalized spacial score (nSPS) is 20.6. The van der Waals surface area contributed by atoms with Crippen LogP contribution in [0.1, 0.15) is 25.7 Å². The summed E-state index contributed by atoms with van der Waals surface area (Å²) < 4.78 is 60.8. The molecule has 8 heteroatoms. The van der Waals surface area contributed by atoms with Crippen molar-refractivity contribution in [3.8, 4) is 0 Å². The fraction of sp³-hybridized carbons (Fsp3) is 0.857. The van der Waals surface area contributed by atoms with Crippen LogP contribution in [0.3, 0.4) is 0 Å². The maximum absolute atomic E-state index is 11.9. The minimum absolute atomic E-state index is 0.0220. The largest absolute Gasteiger partial charge is 0.523 e. The van der Waals surface area contributed by atoms with E-state index in [1.165, 1.54) is 0 Å². The molecule has 1 rings (SSSR count). The summed E-state index contributed by atoms with van der Waals surface area (Å²) in [6.07, 6.45) is -0.854. The van der Waals surface area contributed by atoms with Crippen molar-refractivity contribution in [2.24, 2.45) is 0 Å². The molecule has 0 spiro atoms. The minimum Gasteiger partial charge on any atom is -0.300 e. The van der Waals surface area contributed by atoms with Crippen LogP contribution >= 0.6 is 0 Å². The van der Waals surface area contributed by atoms with Crippen LogP contribution in [-0.2, 0) is 19.1 Å². The fourth-order valence-corrected chi connectivity index (χ4v) is 1.90. The average Bonchev–Trinajstić information content (AvgIpc) is 2.06. The van der Waals surface area contributed by atoms with Crippen LogP contribution in [0, 0.1) is 0 Å². The van der Waals surface area contributed by atoms with Crippen molar-refractivity contribution in [3.63, 3.8) is 0 Å². The van der Waals surface area contributed by atoms with Crippen molar-refractivity contribution in [1.82, 2.24) is 0 Å². The number of ketones is 1. The van der Waals surface area contributed by atoms with E-state index in [1.54, 1.807) is 0 Å². The third kappa shape index (κ3) is 3.16. The molecule has 1 aliphatic rings. The molecule has 0 radical (unpaired) electrons. The third-order valence-corrected chi connectivity index (χ3v) is 3.13. The Hall–Kier alpha value is -0.630. The summed E-state index contributed by atoms with van der Waals surface area (Å²) in [7, 11) is -5.53. The fourth-order valence-electron chi connectivity index (χ4n) is 1.24. The Morgan fingerprint density at radius 3 is 2.07 bits per heavy atom. The predicted molar refractivity (Wildman–Crippen MR) is 43.3 cm³/mol. The van der Waals surface area contributed by atoms with Gasteiger partial charge in [0.25, 0.3) is 0 Å². The van der Waals surface area contributed by atoms with E-state index in [0.29, 0.717) is 0 Å². The number of alkyl halides is 3. The zero-order valence-electron chi connectivity index (χ0n) is 7.58. The topological polar surface area (TPSA) is 60.4 Å². The Bertz CT molecular complexity index is 336. The molecule has 1 fully saturated rings. The van der Waals surface area contributed by atoms with Gasteiger partial charge >= 0.3 is 15.6 Å². The molecule has 4 nitrogen and oxygen atoms in total. The van der Waals surface area contributed by atoms with Crippen molar-refractivity contribution >= 4 is 15.9 Å². The predicted octanol–water partition coefficient (Wildman–Crippen LogP) is 1.36. The van der Waals surface area contributed by atoms with Crippen LogP contribution in [0.4, 0.5) is 13.2 Å². The Balaban J connectivity index is 2.60. The summed E-state index contributed by atoms with van der Waals surface area (Å²) in [5.41, 5.74) is -5.39. The second-order valence-electron chi connectivity index (χ2n) is 3.23. The van der Waals surface area contributed by atoms with Gasteiger partial charge in [0.05, 0.1) is 6.10 Å². The molecule has 0 N–H and O–H groups in total. The molecule has 88 valence electrons. The average molecular weight is 246 g/mol. The van der Waals surface area contributed by atoms with Crippen LogP contribution in [0.5, 0.6) is 0 Å². The molecule has 0 heterocycles. The van der Waals surface area contributed by atoms with E-state index in [0.717, 1.165) is 0 Å². The molecule has 0 aliphatic heterocycles. The van der Waals surface area contributed by atoms with Gasteiger partial charge in [0, 0.05) is 12.8 Å². The molecule has 1 aliphatic carbocycles. The lowest BCUT2D eigenvalue weighted by Gasteiger charge is -2.21. The number of carbonyl (C=O) groups is 1. The molecule has 0 unspecified atom stereocenters. The van der Waals surface area contributed by atoms with Gasteiger partial charge in [0.1, 0.15) is 5.78 Å². The van der Waals surface area contributed by atoms with E-state index < -0.39 is 21.7 Å². The first-order valence-electron chi connectivity index (χ1n) is 4.23. The lowest BCUT2D eigenvalue weighted by atomic mass is 9.97. The molecule has 0 aromatic heterocycles. The van der Waals surface area contributed by atoms with E-state index in [1.807, 2.05) is 0 Å². The number of hydrogen-bond donors (Lipinski definition) is 0. The number of carbonyl (C=O) groups excluding carboxylic acids is 1. The highest BCUT2D eigenvalue weighted by Gasteiger charge is 2.48. The van der Waals surface area contributed by atoms with Crippen LogP contribution in [0.25, 0.3) is 0 Å². The lowest BCUT2D eigenvalue weighted by molar-refractivity contribution is -0.121. The van der Waals surface area contributed by atoms with Crippen LogP contribution in [0.2, 0.25) is 0 Å². The first-order chi connectivity index (χ1) is 6.72. The Kier molecular flexibility index (Phi) is 3.39. The van der Waals surface area contributed by atoms with E-state index in [4.69, 9.17) is 0 Å². The van der Waals surface area contributed by atoms with Crippen LogP contribution < -0.4 is 0 Å². The molecular weight excluding hydrogens is 237 g/mol. The van der Waals surface area contributed by atoms with Gasteiger partial charge in [-0.15, -0.1) is 0 Å². The first-order valence-corrected chi connectivity index (χ1v) is 5.64. The Morgan fingerprint density at radius 1 is 1.20 bits per heavy atom. The van der Waals surface area contributed by atoms with Crippen molar-refractivity contribution in [1.29, 1.82) is 0 Å². The minimum atomic E-state index is -5.53. The van der Waals surface area contributed by atoms with Crippen molar-refractivity contribution in [3.05, 3.63) is 0 Å². The quantitative estimate of drug-likeness (QED) is 0.545. The van der Waals surface area contributed by atoms with Crippen molar-refractivity contribution in [2.75, 3.05) is 0 Å². The zero-order chi connectivity index (χ0) is 11.7. The summed E-state index contributed by atoms with van der Waals surface area (Å²) in [5.74, 6) is -0.0840. The Labute approximate surface area is 84.5 Å². The SMILES string of the molecule is O=C1CCC(OS(=O)(=O)C(F)(F)F)CC1. The standard InChI is InChI=1S/C7H9F3O4S/c8-7(9,10)15(12,13)14-6-3-1-5(11)2-4-6/h6H,1-4H2. The molecule has 0 bridgehead atoms. The molecule has 0 atom stereocenters. The Morgan fingerprint density at radius 2 is 1.67 bits per heavy atom. The van der Waals surface area contributed by atoms with Gasteiger partial charge in [-0.05, 0) is 12.8 Å². The number of halogens is 3. The maximum atomic E-state index is 11.9. The highest BCUT2D eigenvalue weighted by Crippen LogP contribution is 2.29. The van der Waals surface area contributed by atoms with Crippen LogP contribution in [-0.4, -0.2) is 25.8 Å². The van der Waals surface area contributed by atoms with Crippen molar-refractivity contribution in [2.45, 2.75) is 37.3 Å². The summed E-state index contributed by atoms with van der Waals surface area (Å²) >= 11 is 0. The first kappa shape index (κ1) is 12.4. The monoisotopic (exact) mass is 246 g/mol. The van der Waals surface area contributed by atoms with Gasteiger partial charge in [-0.3, -0.25) is 8.98 Å². The molecule has 1 saturated carbocycles. The molecular formula is C7H9F3O4S. The highest BCUT2D eigenvalue weighted by molar-refractivity contribution is 7.87. The summed E-state index contributed by atoms with van der Waals surface area (Å²) in [6, 6.07) is 0. The zero-order valence-corrected chi connectivity index (χ0v) is 8.40. The smallest absolute Gasteiger partial charge is 0.300 e. The second-order valence-corrected chi connectivity index (χ2v) is 4.80. The third-order valence-electron chi connectivity index (χ3n) is 2.04. The molecule has 0 aromatic rings. The van der Waals surface area contributed by atoms with E-state index in [9.17, 15) is 26.4 Å². The number of rotatable bonds is 2. The number of hydrogen-bond acceptors (Lipinski definition) is 4. The second kappa shape index (κ2) is 4.09. The summed E-state index contributed by atoms with van der Waals surface area (Å²) in [5, 5.41) is 0.